The molecule has 0 aliphatic heterocycles. The average Bonchev–Trinajstić information content (AvgIpc) is 3.05. The van der Waals surface area contributed by atoms with E-state index in [9.17, 15) is 4.79 Å². The monoisotopic (exact) mass is 391 g/mol. The second-order valence-electron chi connectivity index (χ2n) is 5.76. The third kappa shape index (κ3) is 5.96. The van der Waals surface area contributed by atoms with Gasteiger partial charge in [-0.05, 0) is 37.1 Å². The number of ether oxygens (including phenoxy) is 3. The normalized spacial score (nSPS) is 10.8. The molecule has 0 amide bonds. The van der Waals surface area contributed by atoms with Crippen LogP contribution >= 0.6 is 11.3 Å². The van der Waals surface area contributed by atoms with Gasteiger partial charge in [-0.15, -0.1) is 0 Å². The minimum Gasteiger partial charge on any atom is -0.493 e. The molecule has 2 aromatic rings. The van der Waals surface area contributed by atoms with Gasteiger partial charge >= 0.3 is 5.97 Å². The Balaban J connectivity index is 1.99. The highest BCUT2D eigenvalue weighted by Gasteiger charge is 2.15. The molecule has 8 heteroatoms. The van der Waals surface area contributed by atoms with Gasteiger partial charge in [-0.25, -0.2) is 9.78 Å². The summed E-state index contributed by atoms with van der Waals surface area (Å²) < 4.78 is 15.9. The molecule has 0 atom stereocenters. The maximum Gasteiger partial charge on any atom is 0.350 e. The Morgan fingerprint density at radius 2 is 2.11 bits per heavy atom. The van der Waals surface area contributed by atoms with Crippen LogP contribution in [0.3, 0.4) is 0 Å². The molecule has 1 aromatic carbocycles. The number of thiazole rings is 1. The molecule has 2 rings (SSSR count). The zero-order chi connectivity index (χ0) is 19.6. The Kier molecular flexibility index (Phi) is 8.06. The average molecular weight is 391 g/mol. The van der Waals surface area contributed by atoms with Crippen LogP contribution in [0.1, 0.15) is 47.1 Å². The molecule has 1 aromatic heterocycles. The van der Waals surface area contributed by atoms with E-state index in [0.717, 1.165) is 30.6 Å². The van der Waals surface area contributed by atoms with E-state index in [1.54, 1.807) is 20.2 Å². The number of esters is 1. The van der Waals surface area contributed by atoms with E-state index >= 15 is 0 Å². The Bertz CT molecular complexity index is 789. The first kappa shape index (κ1) is 20.7. The molecule has 0 fully saturated rings. The number of hydrogen-bond acceptors (Lipinski definition) is 8. The van der Waals surface area contributed by atoms with Crippen LogP contribution in [0.25, 0.3) is 0 Å². The molecule has 0 bridgehead atoms. The van der Waals surface area contributed by atoms with Crippen LogP contribution in [0.4, 0.5) is 5.13 Å². The fourth-order valence-electron chi connectivity index (χ4n) is 2.31. The molecule has 0 aliphatic carbocycles. The van der Waals surface area contributed by atoms with Crippen LogP contribution in [0, 0.1) is 6.92 Å². The number of unbranched alkanes of at least 4 members (excludes halogenated alkanes) is 2. The van der Waals surface area contributed by atoms with E-state index in [0.29, 0.717) is 28.1 Å². The Morgan fingerprint density at radius 3 is 2.81 bits per heavy atom. The molecule has 0 unspecified atom stereocenters. The maximum atomic E-state index is 11.6. The fourth-order valence-corrected chi connectivity index (χ4v) is 3.14. The molecule has 0 radical (unpaired) electrons. The van der Waals surface area contributed by atoms with Gasteiger partial charge in [0.25, 0.3) is 0 Å². The number of nitrogens with zero attached hydrogens (tertiary/aromatic N) is 2. The number of hydrazone groups is 1. The number of hydrogen-bond donors (Lipinski definition) is 1. The summed E-state index contributed by atoms with van der Waals surface area (Å²) in [6.07, 6.45) is 4.97. The van der Waals surface area contributed by atoms with Crippen molar-refractivity contribution in [1.29, 1.82) is 0 Å². The highest BCUT2D eigenvalue weighted by molar-refractivity contribution is 7.17. The van der Waals surface area contributed by atoms with Gasteiger partial charge in [0.05, 0.1) is 32.7 Å². The molecule has 1 N–H and O–H groups in total. The standard InChI is InChI=1S/C19H25N3O4S/c1-5-6-7-10-26-15-9-8-14(11-16(15)24-3)12-20-22-19-21-13(2)17(27-19)18(23)25-4/h8-9,11-12H,5-7,10H2,1-4H3,(H,21,22)/b20-12-. The molecule has 1 heterocycles. The number of benzene rings is 1. The van der Waals surface area contributed by atoms with Gasteiger partial charge in [0.1, 0.15) is 4.88 Å². The van der Waals surface area contributed by atoms with E-state index < -0.39 is 5.97 Å². The van der Waals surface area contributed by atoms with Crippen molar-refractivity contribution in [2.45, 2.75) is 33.1 Å². The molecule has 0 aliphatic rings. The Hall–Kier alpha value is -2.61. The lowest BCUT2D eigenvalue weighted by Crippen LogP contribution is -2.00. The lowest BCUT2D eigenvalue weighted by atomic mass is 10.2. The second kappa shape index (κ2) is 10.5. The lowest BCUT2D eigenvalue weighted by molar-refractivity contribution is 0.0605. The summed E-state index contributed by atoms with van der Waals surface area (Å²) in [5, 5.41) is 4.69. The second-order valence-corrected chi connectivity index (χ2v) is 6.76. The third-order valence-electron chi connectivity index (χ3n) is 3.73. The largest absolute Gasteiger partial charge is 0.493 e. The Labute approximate surface area is 163 Å². The molecule has 0 spiro atoms. The number of rotatable bonds is 10. The van der Waals surface area contributed by atoms with Gasteiger partial charge in [-0.2, -0.15) is 5.10 Å². The minimum absolute atomic E-state index is 0.402. The summed E-state index contributed by atoms with van der Waals surface area (Å²) in [6, 6.07) is 5.62. The first-order valence-corrected chi connectivity index (χ1v) is 9.56. The van der Waals surface area contributed by atoms with Crippen LogP contribution in [0.15, 0.2) is 23.3 Å². The van der Waals surface area contributed by atoms with E-state index in [2.05, 4.69) is 22.4 Å². The minimum atomic E-state index is -0.402. The predicted octanol–water partition coefficient (Wildman–Crippen LogP) is 4.26. The predicted molar refractivity (Wildman–Crippen MR) is 107 cm³/mol. The zero-order valence-electron chi connectivity index (χ0n) is 16.1. The molecule has 0 saturated carbocycles. The van der Waals surface area contributed by atoms with Crippen LogP contribution in [0.5, 0.6) is 11.5 Å². The highest BCUT2D eigenvalue weighted by Crippen LogP contribution is 2.28. The number of methoxy groups -OCH3 is 2. The van der Waals surface area contributed by atoms with Gasteiger partial charge in [0.15, 0.2) is 11.5 Å². The van der Waals surface area contributed by atoms with Crippen molar-refractivity contribution in [1.82, 2.24) is 4.98 Å². The number of carbonyl (C=O) groups is 1. The van der Waals surface area contributed by atoms with Crippen LogP contribution < -0.4 is 14.9 Å². The van der Waals surface area contributed by atoms with Crippen LogP contribution in [-0.4, -0.2) is 38.0 Å². The number of nitrogens with one attached hydrogen (secondary N) is 1. The number of carbonyl (C=O) groups excluding carboxylic acids is 1. The summed E-state index contributed by atoms with van der Waals surface area (Å²) in [5.41, 5.74) is 4.29. The quantitative estimate of drug-likeness (QED) is 0.282. The SMILES string of the molecule is CCCCCOc1ccc(/C=N\Nc2nc(C)c(C(=O)OC)s2)cc1OC. The molecular weight excluding hydrogens is 366 g/mol. The fraction of sp³-hybridized carbons (Fsp3) is 0.421. The number of aryl methyl sites for hydroxylation is 1. The maximum absolute atomic E-state index is 11.6. The smallest absolute Gasteiger partial charge is 0.350 e. The summed E-state index contributed by atoms with van der Waals surface area (Å²) in [6.45, 7) is 4.58. The van der Waals surface area contributed by atoms with E-state index in [4.69, 9.17) is 14.2 Å². The van der Waals surface area contributed by atoms with Gasteiger partial charge in [0.2, 0.25) is 5.13 Å². The highest BCUT2D eigenvalue weighted by atomic mass is 32.1. The molecule has 146 valence electrons. The number of aromatic nitrogens is 1. The lowest BCUT2D eigenvalue weighted by Gasteiger charge is -2.11. The molecule has 7 nitrogen and oxygen atoms in total. The van der Waals surface area contributed by atoms with E-state index in [1.807, 2.05) is 18.2 Å². The zero-order valence-corrected chi connectivity index (χ0v) is 16.9. The Morgan fingerprint density at radius 1 is 1.30 bits per heavy atom. The molecule has 27 heavy (non-hydrogen) atoms. The number of anilines is 1. The van der Waals surface area contributed by atoms with Crippen LogP contribution in [0.2, 0.25) is 0 Å². The van der Waals surface area contributed by atoms with Crippen molar-refractivity contribution < 1.29 is 19.0 Å². The van der Waals surface area contributed by atoms with Gasteiger partial charge in [-0.3, -0.25) is 5.43 Å². The topological polar surface area (TPSA) is 82.0 Å². The van der Waals surface area contributed by atoms with Crippen molar-refractivity contribution in [3.8, 4) is 11.5 Å². The summed E-state index contributed by atoms with van der Waals surface area (Å²) >= 11 is 1.20. The van der Waals surface area contributed by atoms with Crippen molar-refractivity contribution >= 4 is 28.7 Å². The van der Waals surface area contributed by atoms with Gasteiger partial charge < -0.3 is 14.2 Å². The molecular formula is C19H25N3O4S. The van der Waals surface area contributed by atoms with Gasteiger partial charge in [0, 0.05) is 0 Å². The van der Waals surface area contributed by atoms with Crippen LogP contribution in [-0.2, 0) is 4.74 Å². The van der Waals surface area contributed by atoms with E-state index in [-0.39, 0.29) is 0 Å². The van der Waals surface area contributed by atoms with Crippen molar-refractivity contribution in [3.05, 3.63) is 34.3 Å². The van der Waals surface area contributed by atoms with Crippen molar-refractivity contribution in [2.24, 2.45) is 5.10 Å². The third-order valence-corrected chi connectivity index (χ3v) is 4.78. The summed E-state index contributed by atoms with van der Waals surface area (Å²) in [7, 11) is 2.96. The summed E-state index contributed by atoms with van der Waals surface area (Å²) in [4.78, 5) is 16.3. The van der Waals surface area contributed by atoms with E-state index in [1.165, 1.54) is 18.4 Å². The van der Waals surface area contributed by atoms with Gasteiger partial charge in [-0.1, -0.05) is 31.1 Å². The molecule has 0 saturated heterocycles. The first-order valence-electron chi connectivity index (χ1n) is 8.74. The summed E-state index contributed by atoms with van der Waals surface area (Å²) in [5.74, 6) is 0.979. The van der Waals surface area contributed by atoms with Crippen molar-refractivity contribution in [2.75, 3.05) is 26.3 Å². The first-order chi connectivity index (χ1) is 13.1. The van der Waals surface area contributed by atoms with Crippen molar-refractivity contribution in [3.63, 3.8) is 0 Å².